The highest BCUT2D eigenvalue weighted by Crippen LogP contribution is 2.30. The van der Waals surface area contributed by atoms with E-state index < -0.39 is 0 Å². The van der Waals surface area contributed by atoms with Crippen molar-refractivity contribution in [1.82, 2.24) is 19.6 Å². The van der Waals surface area contributed by atoms with Crippen LogP contribution in [0.25, 0.3) is 27.6 Å². The van der Waals surface area contributed by atoms with E-state index in [0.29, 0.717) is 37.9 Å². The van der Waals surface area contributed by atoms with Gasteiger partial charge in [0.05, 0.1) is 15.6 Å². The first-order chi connectivity index (χ1) is 10.2. The fourth-order valence-electron chi connectivity index (χ4n) is 2.43. The van der Waals surface area contributed by atoms with Gasteiger partial charge in [-0.2, -0.15) is 5.26 Å². The third kappa shape index (κ3) is 1.60. The quantitative estimate of drug-likeness (QED) is 0.497. The molecule has 21 heavy (non-hydrogen) atoms. The molecule has 0 aliphatic carbocycles. The normalized spacial score (nSPS) is 11.3. The highest BCUT2D eigenvalue weighted by molar-refractivity contribution is 6.42. The number of benzene rings is 1. The predicted molar refractivity (Wildman–Crippen MR) is 80.5 cm³/mol. The molecular formula is C14H5Cl2N5. The van der Waals surface area contributed by atoms with Crippen molar-refractivity contribution < 1.29 is 0 Å². The zero-order valence-electron chi connectivity index (χ0n) is 10.4. The fraction of sp³-hybridized carbons (Fsp3) is 0. The van der Waals surface area contributed by atoms with Crippen LogP contribution in [-0.2, 0) is 0 Å². The monoisotopic (exact) mass is 313 g/mol. The Bertz CT molecular complexity index is 1080. The van der Waals surface area contributed by atoms with Crippen LogP contribution >= 0.6 is 23.2 Å². The van der Waals surface area contributed by atoms with Crippen LogP contribution in [0.15, 0.2) is 30.5 Å². The van der Waals surface area contributed by atoms with E-state index in [1.807, 2.05) is 6.07 Å². The van der Waals surface area contributed by atoms with Crippen LogP contribution in [0.5, 0.6) is 0 Å². The van der Waals surface area contributed by atoms with Crippen molar-refractivity contribution in [1.29, 1.82) is 5.26 Å². The van der Waals surface area contributed by atoms with Gasteiger partial charge in [-0.05, 0) is 24.3 Å². The summed E-state index contributed by atoms with van der Waals surface area (Å²) in [6.45, 7) is 0. The Morgan fingerprint density at radius 3 is 2.76 bits per heavy atom. The maximum absolute atomic E-state index is 9.49. The van der Waals surface area contributed by atoms with Gasteiger partial charge in [-0.25, -0.2) is 0 Å². The Balaban J connectivity index is 2.36. The van der Waals surface area contributed by atoms with Crippen LogP contribution in [0.3, 0.4) is 0 Å². The molecule has 1 aromatic carbocycles. The van der Waals surface area contributed by atoms with Crippen LogP contribution in [0, 0.1) is 11.3 Å². The molecule has 0 aliphatic heterocycles. The van der Waals surface area contributed by atoms with E-state index in [1.165, 1.54) is 0 Å². The molecule has 0 aliphatic rings. The summed E-state index contributed by atoms with van der Waals surface area (Å²) in [5, 5.41) is 19.4. The van der Waals surface area contributed by atoms with Gasteiger partial charge in [0.15, 0.2) is 11.3 Å². The second kappa shape index (κ2) is 4.29. The second-order valence-corrected chi connectivity index (χ2v) is 5.29. The zero-order valence-corrected chi connectivity index (χ0v) is 11.9. The summed E-state index contributed by atoms with van der Waals surface area (Å²) in [7, 11) is 0. The lowest BCUT2D eigenvalue weighted by molar-refractivity contribution is 1.04. The Hall–Kier alpha value is -2.42. The average molecular weight is 314 g/mol. The van der Waals surface area contributed by atoms with E-state index >= 15 is 0 Å². The fourth-order valence-corrected chi connectivity index (χ4v) is 2.74. The smallest absolute Gasteiger partial charge is 0.170 e. The van der Waals surface area contributed by atoms with Gasteiger partial charge >= 0.3 is 0 Å². The molecular weight excluding hydrogens is 309 g/mol. The van der Waals surface area contributed by atoms with Crippen molar-refractivity contribution in [3.8, 4) is 6.07 Å². The SMILES string of the molecule is N#Cc1c2ncccc2c2nnc3cc(Cl)c(Cl)cc3n12. The van der Waals surface area contributed by atoms with Crippen molar-refractivity contribution in [3.63, 3.8) is 0 Å². The zero-order chi connectivity index (χ0) is 14.6. The van der Waals surface area contributed by atoms with Crippen LogP contribution in [0.4, 0.5) is 0 Å². The van der Waals surface area contributed by atoms with E-state index in [-0.39, 0.29) is 0 Å². The summed E-state index contributed by atoms with van der Waals surface area (Å²) in [5.74, 6) is 0. The Morgan fingerprint density at radius 2 is 1.95 bits per heavy atom. The van der Waals surface area contributed by atoms with Gasteiger partial charge < -0.3 is 0 Å². The lowest BCUT2D eigenvalue weighted by Crippen LogP contribution is -1.97. The summed E-state index contributed by atoms with van der Waals surface area (Å²) in [5.41, 5.74) is 2.80. The minimum atomic E-state index is 0.395. The molecule has 100 valence electrons. The minimum absolute atomic E-state index is 0.395. The molecule has 4 rings (SSSR count). The number of fused-ring (bicyclic) bond motifs is 5. The van der Waals surface area contributed by atoms with Gasteiger partial charge in [-0.3, -0.25) is 9.38 Å². The first-order valence-corrected chi connectivity index (χ1v) is 6.77. The maximum Gasteiger partial charge on any atom is 0.170 e. The standard InChI is InChI=1S/C14H5Cl2N5/c15-8-4-10-11(5-9(8)16)21-12(6-17)13-7(2-1-3-18-13)14(21)20-19-10/h1-5H. The van der Waals surface area contributed by atoms with Gasteiger partial charge in [0.1, 0.15) is 17.1 Å². The molecule has 0 fully saturated rings. The average Bonchev–Trinajstić information content (AvgIpc) is 2.83. The van der Waals surface area contributed by atoms with Crippen molar-refractivity contribution in [2.24, 2.45) is 0 Å². The van der Waals surface area contributed by atoms with Crippen molar-refractivity contribution in [3.05, 3.63) is 46.2 Å². The second-order valence-electron chi connectivity index (χ2n) is 4.47. The molecule has 0 saturated carbocycles. The number of pyridine rings is 1. The minimum Gasteiger partial charge on any atom is -0.279 e. The van der Waals surface area contributed by atoms with Crippen LogP contribution < -0.4 is 0 Å². The molecule has 0 atom stereocenters. The number of halogens is 2. The van der Waals surface area contributed by atoms with Crippen LogP contribution in [0.1, 0.15) is 5.69 Å². The van der Waals surface area contributed by atoms with Gasteiger partial charge in [-0.15, -0.1) is 10.2 Å². The van der Waals surface area contributed by atoms with Gasteiger partial charge in [0.2, 0.25) is 0 Å². The summed E-state index contributed by atoms with van der Waals surface area (Å²) >= 11 is 12.1. The summed E-state index contributed by atoms with van der Waals surface area (Å²) in [6.07, 6.45) is 1.64. The third-order valence-electron chi connectivity index (χ3n) is 3.33. The summed E-state index contributed by atoms with van der Waals surface area (Å²) in [4.78, 5) is 4.27. The highest BCUT2D eigenvalue weighted by Gasteiger charge is 2.17. The first kappa shape index (κ1) is 12.3. The summed E-state index contributed by atoms with van der Waals surface area (Å²) in [6, 6.07) is 9.14. The van der Waals surface area contributed by atoms with E-state index in [9.17, 15) is 5.26 Å². The van der Waals surface area contributed by atoms with Crippen molar-refractivity contribution >= 4 is 50.8 Å². The van der Waals surface area contributed by atoms with Gasteiger partial charge in [-0.1, -0.05) is 23.2 Å². The van der Waals surface area contributed by atoms with Gasteiger partial charge in [0.25, 0.3) is 0 Å². The molecule has 0 saturated heterocycles. The number of nitriles is 1. The number of nitrogens with zero attached hydrogens (tertiary/aromatic N) is 5. The molecule has 5 nitrogen and oxygen atoms in total. The lowest BCUT2D eigenvalue weighted by Gasteiger charge is -2.04. The first-order valence-electron chi connectivity index (χ1n) is 6.01. The van der Waals surface area contributed by atoms with E-state index in [2.05, 4.69) is 21.3 Å². The third-order valence-corrected chi connectivity index (χ3v) is 4.05. The summed E-state index contributed by atoms with van der Waals surface area (Å²) < 4.78 is 1.71. The topological polar surface area (TPSA) is 66.9 Å². The van der Waals surface area contributed by atoms with E-state index in [1.54, 1.807) is 28.8 Å². The number of hydrogen-bond donors (Lipinski definition) is 0. The largest absolute Gasteiger partial charge is 0.279 e. The molecule has 0 amide bonds. The molecule has 7 heteroatoms. The Labute approximate surface area is 128 Å². The Kier molecular flexibility index (Phi) is 2.52. The maximum atomic E-state index is 9.49. The molecule has 0 spiro atoms. The molecule has 0 radical (unpaired) electrons. The number of aromatic nitrogens is 4. The molecule has 3 aromatic heterocycles. The number of hydrogen-bond acceptors (Lipinski definition) is 4. The predicted octanol–water partition coefficient (Wildman–Crippen LogP) is 3.61. The molecule has 0 N–H and O–H groups in total. The Morgan fingerprint density at radius 1 is 1.14 bits per heavy atom. The van der Waals surface area contributed by atoms with E-state index in [4.69, 9.17) is 23.2 Å². The van der Waals surface area contributed by atoms with Crippen molar-refractivity contribution in [2.45, 2.75) is 0 Å². The van der Waals surface area contributed by atoms with Crippen LogP contribution in [-0.4, -0.2) is 19.6 Å². The molecule has 4 aromatic rings. The van der Waals surface area contributed by atoms with E-state index in [0.717, 1.165) is 5.39 Å². The van der Waals surface area contributed by atoms with Gasteiger partial charge in [0, 0.05) is 11.6 Å². The molecule has 3 heterocycles. The van der Waals surface area contributed by atoms with Crippen LogP contribution in [0.2, 0.25) is 10.0 Å². The molecule has 0 bridgehead atoms. The highest BCUT2D eigenvalue weighted by atomic mass is 35.5. The number of rotatable bonds is 0. The lowest BCUT2D eigenvalue weighted by atomic mass is 10.3. The molecule has 0 unspecified atom stereocenters. The van der Waals surface area contributed by atoms with Crippen molar-refractivity contribution in [2.75, 3.05) is 0 Å².